The Morgan fingerprint density at radius 1 is 1.00 bits per heavy atom. The Kier molecular flexibility index (Phi) is 5.20. The van der Waals surface area contributed by atoms with E-state index in [1.807, 2.05) is 12.1 Å². The molecular formula is C16H23N3O2. The number of amidine groups is 2. The lowest BCUT2D eigenvalue weighted by atomic mass is 10.1. The number of aliphatic imine (C=N–C) groups is 1. The molecule has 0 radical (unpaired) electrons. The van der Waals surface area contributed by atoms with Crippen LogP contribution in [0, 0.1) is 5.41 Å². The number of nitrogens with zero attached hydrogens (tertiary/aromatic N) is 1. The van der Waals surface area contributed by atoms with Gasteiger partial charge in [-0.25, -0.2) is 4.99 Å². The predicted octanol–water partition coefficient (Wildman–Crippen LogP) is 3.09. The highest BCUT2D eigenvalue weighted by atomic mass is 16.5. The molecular weight excluding hydrogens is 266 g/mol. The molecule has 21 heavy (non-hydrogen) atoms. The molecule has 1 aromatic rings. The van der Waals surface area contributed by atoms with Gasteiger partial charge in [0.15, 0.2) is 5.84 Å². The third-order valence-electron chi connectivity index (χ3n) is 3.36. The van der Waals surface area contributed by atoms with Gasteiger partial charge in [0.2, 0.25) is 0 Å². The van der Waals surface area contributed by atoms with Crippen molar-refractivity contribution in [2.45, 2.75) is 39.5 Å². The molecule has 0 aliphatic carbocycles. The van der Waals surface area contributed by atoms with Gasteiger partial charge in [0.25, 0.3) is 0 Å². The first-order valence-corrected chi connectivity index (χ1v) is 7.55. The van der Waals surface area contributed by atoms with Crippen LogP contribution in [-0.2, 0) is 0 Å². The van der Waals surface area contributed by atoms with Crippen LogP contribution < -0.4 is 15.2 Å². The van der Waals surface area contributed by atoms with Crippen molar-refractivity contribution in [1.29, 1.82) is 5.41 Å². The van der Waals surface area contributed by atoms with Crippen molar-refractivity contribution in [2.24, 2.45) is 10.7 Å². The minimum absolute atomic E-state index is 0.148. The maximum Gasteiger partial charge on any atom is 0.158 e. The number of hydrogen-bond donors (Lipinski definition) is 2. The third-order valence-corrected chi connectivity index (χ3v) is 3.36. The van der Waals surface area contributed by atoms with E-state index >= 15 is 0 Å². The van der Waals surface area contributed by atoms with Crippen LogP contribution in [0.4, 0.5) is 0 Å². The van der Waals surface area contributed by atoms with E-state index in [0.717, 1.165) is 25.7 Å². The monoisotopic (exact) mass is 289 g/mol. The Morgan fingerprint density at radius 2 is 1.52 bits per heavy atom. The SMILES string of the molecule is CCCCOc1ccc(OCCCC)c2c1C(=N)N=C2N. The molecule has 3 N–H and O–H groups in total. The summed E-state index contributed by atoms with van der Waals surface area (Å²) in [6, 6.07) is 3.70. The molecule has 0 unspecified atom stereocenters. The van der Waals surface area contributed by atoms with Gasteiger partial charge in [0.05, 0.1) is 24.3 Å². The molecule has 0 amide bonds. The zero-order valence-corrected chi connectivity index (χ0v) is 12.7. The number of hydrogen-bond acceptors (Lipinski definition) is 4. The van der Waals surface area contributed by atoms with Crippen LogP contribution in [0.25, 0.3) is 0 Å². The first kappa shape index (κ1) is 15.4. The van der Waals surface area contributed by atoms with Crippen LogP contribution in [0.3, 0.4) is 0 Å². The molecule has 0 aromatic heterocycles. The molecule has 114 valence electrons. The maximum absolute atomic E-state index is 7.99. The number of nitrogens with two attached hydrogens (primary N) is 1. The Morgan fingerprint density at radius 3 is 2.05 bits per heavy atom. The van der Waals surface area contributed by atoms with Crippen LogP contribution in [0.5, 0.6) is 11.5 Å². The van der Waals surface area contributed by atoms with E-state index in [1.165, 1.54) is 0 Å². The van der Waals surface area contributed by atoms with Gasteiger partial charge in [-0.2, -0.15) is 0 Å². The first-order valence-electron chi connectivity index (χ1n) is 7.55. The summed E-state index contributed by atoms with van der Waals surface area (Å²) in [7, 11) is 0. The highest BCUT2D eigenvalue weighted by Gasteiger charge is 2.27. The van der Waals surface area contributed by atoms with Crippen LogP contribution in [0.2, 0.25) is 0 Å². The number of benzene rings is 1. The van der Waals surface area contributed by atoms with Gasteiger partial charge in [-0.1, -0.05) is 26.7 Å². The molecule has 5 heteroatoms. The standard InChI is InChI=1S/C16H23N3O2/c1-3-5-9-20-11-7-8-12(21-10-6-4-2)14-13(11)15(17)19-16(14)18/h7-8H,3-6,9-10H2,1-2H3,(H3,17,18,19). The van der Waals surface area contributed by atoms with E-state index in [1.54, 1.807) is 0 Å². The second kappa shape index (κ2) is 7.11. The molecule has 1 heterocycles. The Balaban J connectivity index is 2.26. The lowest BCUT2D eigenvalue weighted by Gasteiger charge is -2.14. The van der Waals surface area contributed by atoms with Crippen LogP contribution in [0.15, 0.2) is 17.1 Å². The van der Waals surface area contributed by atoms with Crippen molar-refractivity contribution in [2.75, 3.05) is 13.2 Å². The molecule has 5 nitrogen and oxygen atoms in total. The smallest absolute Gasteiger partial charge is 0.158 e. The summed E-state index contributed by atoms with van der Waals surface area (Å²) in [5.74, 6) is 1.83. The Hall–Kier alpha value is -2.04. The summed E-state index contributed by atoms with van der Waals surface area (Å²) in [6.07, 6.45) is 4.10. The van der Waals surface area contributed by atoms with E-state index in [9.17, 15) is 0 Å². The van der Waals surface area contributed by atoms with Crippen molar-refractivity contribution in [1.82, 2.24) is 0 Å². The van der Waals surface area contributed by atoms with E-state index < -0.39 is 0 Å². The molecule has 0 saturated carbocycles. The lowest BCUT2D eigenvalue weighted by molar-refractivity contribution is 0.300. The number of unbranched alkanes of at least 4 members (excludes halogenated alkanes) is 2. The molecule has 0 saturated heterocycles. The summed E-state index contributed by atoms with van der Waals surface area (Å²) >= 11 is 0. The van der Waals surface area contributed by atoms with Gasteiger partial charge >= 0.3 is 0 Å². The highest BCUT2D eigenvalue weighted by Crippen LogP contribution is 2.34. The second-order valence-corrected chi connectivity index (χ2v) is 5.06. The average molecular weight is 289 g/mol. The summed E-state index contributed by atoms with van der Waals surface area (Å²) in [4.78, 5) is 4.05. The van der Waals surface area contributed by atoms with Crippen molar-refractivity contribution in [3.63, 3.8) is 0 Å². The van der Waals surface area contributed by atoms with Gasteiger partial charge in [-0.05, 0) is 25.0 Å². The maximum atomic E-state index is 7.99. The Bertz CT molecular complexity index is 553. The summed E-state index contributed by atoms with van der Waals surface area (Å²) in [6.45, 7) is 5.50. The zero-order valence-electron chi connectivity index (χ0n) is 12.7. The topological polar surface area (TPSA) is 80.7 Å². The normalized spacial score (nSPS) is 13.0. The molecule has 0 spiro atoms. The minimum Gasteiger partial charge on any atom is -0.493 e. The number of nitrogens with one attached hydrogen (secondary N) is 1. The zero-order chi connectivity index (χ0) is 15.2. The van der Waals surface area contributed by atoms with Gasteiger partial charge in [0, 0.05) is 0 Å². The molecule has 0 fully saturated rings. The van der Waals surface area contributed by atoms with Gasteiger partial charge in [0.1, 0.15) is 17.3 Å². The molecule has 0 atom stereocenters. The van der Waals surface area contributed by atoms with Gasteiger partial charge in [-0.3, -0.25) is 5.41 Å². The summed E-state index contributed by atoms with van der Waals surface area (Å²) in [5, 5.41) is 7.99. The molecule has 1 aliphatic heterocycles. The molecule has 2 rings (SSSR count). The Labute approximate surface area is 125 Å². The first-order chi connectivity index (χ1) is 10.2. The minimum atomic E-state index is 0.148. The fourth-order valence-corrected chi connectivity index (χ4v) is 2.18. The number of ether oxygens (including phenoxy) is 2. The van der Waals surface area contributed by atoms with Crippen LogP contribution >= 0.6 is 0 Å². The largest absolute Gasteiger partial charge is 0.493 e. The van der Waals surface area contributed by atoms with E-state index in [2.05, 4.69) is 18.8 Å². The predicted molar refractivity (Wildman–Crippen MR) is 84.8 cm³/mol. The molecule has 1 aromatic carbocycles. The number of rotatable bonds is 8. The number of fused-ring (bicyclic) bond motifs is 1. The third kappa shape index (κ3) is 3.35. The average Bonchev–Trinajstić information content (AvgIpc) is 2.77. The molecule has 0 bridgehead atoms. The van der Waals surface area contributed by atoms with Crippen molar-refractivity contribution < 1.29 is 9.47 Å². The second-order valence-electron chi connectivity index (χ2n) is 5.06. The van der Waals surface area contributed by atoms with Crippen molar-refractivity contribution in [3.8, 4) is 11.5 Å². The van der Waals surface area contributed by atoms with Crippen molar-refractivity contribution in [3.05, 3.63) is 23.3 Å². The van der Waals surface area contributed by atoms with Crippen LogP contribution in [0.1, 0.15) is 50.7 Å². The van der Waals surface area contributed by atoms with E-state index in [-0.39, 0.29) is 5.84 Å². The summed E-state index contributed by atoms with van der Waals surface area (Å²) in [5.41, 5.74) is 7.29. The summed E-state index contributed by atoms with van der Waals surface area (Å²) < 4.78 is 11.5. The molecule has 1 aliphatic rings. The van der Waals surface area contributed by atoms with Gasteiger partial charge in [-0.15, -0.1) is 0 Å². The van der Waals surface area contributed by atoms with Gasteiger partial charge < -0.3 is 15.2 Å². The fourth-order valence-electron chi connectivity index (χ4n) is 2.18. The van der Waals surface area contributed by atoms with Crippen molar-refractivity contribution >= 4 is 11.7 Å². The van der Waals surface area contributed by atoms with Crippen LogP contribution in [-0.4, -0.2) is 24.9 Å². The fraction of sp³-hybridized carbons (Fsp3) is 0.500. The highest BCUT2D eigenvalue weighted by molar-refractivity contribution is 6.23. The van der Waals surface area contributed by atoms with E-state index in [4.69, 9.17) is 20.6 Å². The van der Waals surface area contributed by atoms with E-state index in [0.29, 0.717) is 41.7 Å². The quantitative estimate of drug-likeness (QED) is 0.722. The lowest BCUT2D eigenvalue weighted by Crippen LogP contribution is -2.14.